The van der Waals surface area contributed by atoms with Gasteiger partial charge in [0.05, 0.1) is 18.1 Å². The van der Waals surface area contributed by atoms with E-state index in [1.807, 2.05) is 0 Å². The Bertz CT molecular complexity index is 286. The van der Waals surface area contributed by atoms with Crippen molar-refractivity contribution in [2.75, 3.05) is 6.61 Å². The third-order valence-corrected chi connectivity index (χ3v) is 1.25. The fourth-order valence-electron chi connectivity index (χ4n) is 0.742. The third-order valence-electron chi connectivity index (χ3n) is 1.25. The summed E-state index contributed by atoms with van der Waals surface area (Å²) < 4.78 is 4.45. The highest BCUT2D eigenvalue weighted by atomic mass is 16.6. The molecule has 0 saturated carbocycles. The van der Waals surface area contributed by atoms with Crippen LogP contribution in [-0.4, -0.2) is 27.8 Å². The molecular weight excluding hydrogens is 174 g/mol. The van der Waals surface area contributed by atoms with E-state index in [1.165, 1.54) is 12.4 Å². The van der Waals surface area contributed by atoms with Crippen LogP contribution in [0, 0.1) is 0 Å². The van der Waals surface area contributed by atoms with Crippen LogP contribution in [0.4, 0.5) is 4.79 Å². The summed E-state index contributed by atoms with van der Waals surface area (Å²) in [5, 5.41) is 8.56. The van der Waals surface area contributed by atoms with E-state index in [0.717, 1.165) is 0 Å². The molecule has 0 aliphatic carbocycles. The SMILES string of the molecule is NC(=O)Oc1cnc(CCO)cn1. The van der Waals surface area contributed by atoms with Crippen molar-refractivity contribution in [1.29, 1.82) is 0 Å². The molecule has 0 aromatic carbocycles. The molecule has 0 aliphatic rings. The van der Waals surface area contributed by atoms with Crippen molar-refractivity contribution in [2.24, 2.45) is 5.73 Å². The molecule has 0 unspecified atom stereocenters. The summed E-state index contributed by atoms with van der Waals surface area (Å²) in [5.74, 6) is 0.0502. The molecule has 0 saturated heterocycles. The fraction of sp³-hybridized carbons (Fsp3) is 0.286. The number of aliphatic hydroxyl groups is 1. The monoisotopic (exact) mass is 183 g/mol. The van der Waals surface area contributed by atoms with Crippen molar-refractivity contribution in [3.63, 3.8) is 0 Å². The van der Waals surface area contributed by atoms with Crippen LogP contribution in [0.15, 0.2) is 12.4 Å². The summed E-state index contributed by atoms with van der Waals surface area (Å²) in [4.78, 5) is 17.9. The van der Waals surface area contributed by atoms with Gasteiger partial charge in [-0.1, -0.05) is 0 Å². The zero-order valence-corrected chi connectivity index (χ0v) is 6.80. The Morgan fingerprint density at radius 1 is 1.54 bits per heavy atom. The van der Waals surface area contributed by atoms with E-state index < -0.39 is 6.09 Å². The average Bonchev–Trinajstić information content (AvgIpc) is 2.08. The van der Waals surface area contributed by atoms with Gasteiger partial charge in [-0.25, -0.2) is 9.78 Å². The maximum absolute atomic E-state index is 10.3. The van der Waals surface area contributed by atoms with Crippen LogP contribution in [-0.2, 0) is 6.42 Å². The van der Waals surface area contributed by atoms with E-state index in [2.05, 4.69) is 14.7 Å². The van der Waals surface area contributed by atoms with E-state index in [4.69, 9.17) is 10.8 Å². The molecule has 6 nitrogen and oxygen atoms in total. The minimum atomic E-state index is -0.927. The van der Waals surface area contributed by atoms with Crippen molar-refractivity contribution in [3.05, 3.63) is 18.1 Å². The minimum absolute atomic E-state index is 0.00467. The summed E-state index contributed by atoms with van der Waals surface area (Å²) in [6.45, 7) is 0.00467. The zero-order valence-electron chi connectivity index (χ0n) is 6.80. The van der Waals surface area contributed by atoms with Crippen LogP contribution in [0.1, 0.15) is 5.69 Å². The van der Waals surface area contributed by atoms with Crippen molar-refractivity contribution in [1.82, 2.24) is 9.97 Å². The fourth-order valence-corrected chi connectivity index (χ4v) is 0.742. The second kappa shape index (κ2) is 4.36. The van der Waals surface area contributed by atoms with Gasteiger partial charge in [-0.15, -0.1) is 0 Å². The van der Waals surface area contributed by atoms with Gasteiger partial charge in [0, 0.05) is 13.0 Å². The largest absolute Gasteiger partial charge is 0.411 e. The summed E-state index contributed by atoms with van der Waals surface area (Å²) in [6, 6.07) is 0. The number of hydrogen-bond acceptors (Lipinski definition) is 5. The number of nitrogens with two attached hydrogens (primary N) is 1. The molecule has 3 N–H and O–H groups in total. The zero-order chi connectivity index (χ0) is 9.68. The lowest BCUT2D eigenvalue weighted by Crippen LogP contribution is -2.17. The molecule has 6 heteroatoms. The Labute approximate surface area is 74.4 Å². The van der Waals surface area contributed by atoms with Gasteiger partial charge in [-0.05, 0) is 0 Å². The number of hydrogen-bond donors (Lipinski definition) is 2. The predicted molar refractivity (Wildman–Crippen MR) is 43.0 cm³/mol. The first kappa shape index (κ1) is 9.40. The number of primary amides is 1. The van der Waals surface area contributed by atoms with Gasteiger partial charge in [0.15, 0.2) is 0 Å². The number of amides is 1. The van der Waals surface area contributed by atoms with Crippen molar-refractivity contribution in [2.45, 2.75) is 6.42 Å². The maximum Gasteiger partial charge on any atom is 0.411 e. The molecule has 0 aliphatic heterocycles. The Balaban J connectivity index is 2.64. The number of aliphatic hydroxyl groups excluding tert-OH is 1. The lowest BCUT2D eigenvalue weighted by atomic mass is 10.3. The van der Waals surface area contributed by atoms with E-state index in [1.54, 1.807) is 0 Å². The molecule has 1 amide bonds. The summed E-state index contributed by atoms with van der Waals surface area (Å²) in [6.07, 6.45) is 2.18. The normalized spacial score (nSPS) is 9.62. The van der Waals surface area contributed by atoms with Gasteiger partial charge in [0.2, 0.25) is 5.88 Å². The quantitative estimate of drug-likeness (QED) is 0.656. The number of carbonyl (C=O) groups excluding carboxylic acids is 1. The van der Waals surface area contributed by atoms with Gasteiger partial charge in [-0.3, -0.25) is 4.98 Å². The van der Waals surface area contributed by atoms with Crippen molar-refractivity contribution < 1.29 is 14.6 Å². The highest BCUT2D eigenvalue weighted by Gasteiger charge is 2.00. The van der Waals surface area contributed by atoms with Gasteiger partial charge < -0.3 is 15.6 Å². The van der Waals surface area contributed by atoms with Crippen LogP contribution in [0.3, 0.4) is 0 Å². The molecular formula is C7H9N3O3. The lowest BCUT2D eigenvalue weighted by molar-refractivity contribution is 0.208. The predicted octanol–water partition coefficient (Wildman–Crippen LogP) is -0.531. The van der Waals surface area contributed by atoms with E-state index in [0.29, 0.717) is 12.1 Å². The summed E-state index contributed by atoms with van der Waals surface area (Å²) >= 11 is 0. The van der Waals surface area contributed by atoms with Crippen LogP contribution < -0.4 is 10.5 Å². The second-order valence-corrected chi connectivity index (χ2v) is 2.24. The molecule has 0 atom stereocenters. The molecule has 0 radical (unpaired) electrons. The standard InChI is InChI=1S/C7H9N3O3/c8-7(12)13-6-4-9-5(1-2-11)3-10-6/h3-4,11H,1-2H2,(H2,8,12). The Morgan fingerprint density at radius 3 is 2.77 bits per heavy atom. The average molecular weight is 183 g/mol. The topological polar surface area (TPSA) is 98.3 Å². The van der Waals surface area contributed by atoms with Crippen molar-refractivity contribution in [3.8, 4) is 5.88 Å². The molecule has 0 fully saturated rings. The Hall–Kier alpha value is -1.69. The molecule has 1 heterocycles. The first-order chi connectivity index (χ1) is 6.22. The minimum Gasteiger partial charge on any atom is -0.396 e. The van der Waals surface area contributed by atoms with Crippen LogP contribution in [0.25, 0.3) is 0 Å². The number of aromatic nitrogens is 2. The molecule has 70 valence electrons. The number of carbonyl (C=O) groups is 1. The smallest absolute Gasteiger partial charge is 0.396 e. The highest BCUT2D eigenvalue weighted by Crippen LogP contribution is 2.03. The molecule has 1 rings (SSSR count). The lowest BCUT2D eigenvalue weighted by Gasteiger charge is -1.99. The highest BCUT2D eigenvalue weighted by molar-refractivity contribution is 5.67. The van der Waals surface area contributed by atoms with E-state index >= 15 is 0 Å². The molecule has 0 spiro atoms. The van der Waals surface area contributed by atoms with Gasteiger partial charge >= 0.3 is 6.09 Å². The van der Waals surface area contributed by atoms with Gasteiger partial charge in [0.25, 0.3) is 0 Å². The first-order valence-electron chi connectivity index (χ1n) is 3.61. The number of ether oxygens (including phenoxy) is 1. The van der Waals surface area contributed by atoms with Gasteiger partial charge in [-0.2, -0.15) is 0 Å². The summed E-state index contributed by atoms with van der Waals surface area (Å²) in [5.41, 5.74) is 5.38. The Morgan fingerprint density at radius 2 is 2.31 bits per heavy atom. The molecule has 1 aromatic rings. The number of rotatable bonds is 3. The number of nitrogens with zero attached hydrogens (tertiary/aromatic N) is 2. The third kappa shape index (κ3) is 3.04. The second-order valence-electron chi connectivity index (χ2n) is 2.24. The van der Waals surface area contributed by atoms with Crippen LogP contribution in [0.5, 0.6) is 5.88 Å². The van der Waals surface area contributed by atoms with Crippen LogP contribution >= 0.6 is 0 Å². The van der Waals surface area contributed by atoms with Crippen LogP contribution in [0.2, 0.25) is 0 Å². The van der Waals surface area contributed by atoms with E-state index in [-0.39, 0.29) is 12.5 Å². The maximum atomic E-state index is 10.3. The Kier molecular flexibility index (Phi) is 3.15. The van der Waals surface area contributed by atoms with E-state index in [9.17, 15) is 4.79 Å². The van der Waals surface area contributed by atoms with Gasteiger partial charge in [0.1, 0.15) is 0 Å². The first-order valence-corrected chi connectivity index (χ1v) is 3.61. The molecule has 1 aromatic heterocycles. The summed E-state index contributed by atoms with van der Waals surface area (Å²) in [7, 11) is 0. The van der Waals surface area contributed by atoms with Crippen molar-refractivity contribution >= 4 is 6.09 Å². The molecule has 13 heavy (non-hydrogen) atoms. The molecule has 0 bridgehead atoms.